The van der Waals surface area contributed by atoms with Gasteiger partial charge in [0.2, 0.25) is 21.7 Å². The smallest absolute Gasteiger partial charge is 0.282 e. The number of sulfone groups is 1. The number of rotatable bonds is 14. The molecule has 0 aromatic heterocycles. The molecular formula is C40H36N10O10S. The molecule has 0 saturated heterocycles. The minimum Gasteiger partial charge on any atom is -0.497 e. The van der Waals surface area contributed by atoms with Crippen molar-refractivity contribution in [1.82, 2.24) is 10.0 Å². The number of hydrogen-bond acceptors (Lipinski definition) is 16. The lowest BCUT2D eigenvalue weighted by Crippen LogP contribution is -2.36. The van der Waals surface area contributed by atoms with Crippen molar-refractivity contribution in [2.24, 2.45) is 30.7 Å². The van der Waals surface area contributed by atoms with E-state index in [0.29, 0.717) is 32.9 Å². The van der Waals surface area contributed by atoms with Crippen LogP contribution in [0.1, 0.15) is 26.7 Å². The molecule has 61 heavy (non-hydrogen) atoms. The van der Waals surface area contributed by atoms with Crippen LogP contribution >= 0.6 is 0 Å². The van der Waals surface area contributed by atoms with Gasteiger partial charge >= 0.3 is 0 Å². The van der Waals surface area contributed by atoms with Gasteiger partial charge in [-0.2, -0.15) is 40.7 Å². The maximum absolute atomic E-state index is 13.4. The van der Waals surface area contributed by atoms with Gasteiger partial charge in [-0.15, -0.1) is 0 Å². The molecule has 312 valence electrons. The minimum absolute atomic E-state index is 0.0789. The average molecular weight is 849 g/mol. The summed E-state index contributed by atoms with van der Waals surface area (Å²) in [6.07, 6.45) is -1.33. The summed E-state index contributed by atoms with van der Waals surface area (Å²) in [6, 6.07) is 21.3. The number of carbonyl (C=O) groups is 6. The van der Waals surface area contributed by atoms with Crippen molar-refractivity contribution < 1.29 is 46.7 Å². The van der Waals surface area contributed by atoms with Crippen LogP contribution in [0.5, 0.6) is 11.5 Å². The highest BCUT2D eigenvalue weighted by Crippen LogP contribution is 2.27. The third-order valence-corrected chi connectivity index (χ3v) is 10.7. The molecule has 0 unspecified atom stereocenters. The predicted molar refractivity (Wildman–Crippen MR) is 217 cm³/mol. The summed E-state index contributed by atoms with van der Waals surface area (Å²) >= 11 is 0. The molecule has 20 nitrogen and oxygen atoms in total. The van der Waals surface area contributed by atoms with Gasteiger partial charge in [0.1, 0.15) is 24.3 Å². The molecule has 0 radical (unpaired) electrons. The molecule has 0 bridgehead atoms. The lowest BCUT2D eigenvalue weighted by atomic mass is 10.2. The Morgan fingerprint density at radius 1 is 0.623 bits per heavy atom. The molecule has 4 aromatic rings. The molecule has 0 aliphatic carbocycles. The molecule has 2 N–H and O–H groups in total. The topological polar surface area (TPSA) is 260 Å². The van der Waals surface area contributed by atoms with E-state index in [1.807, 2.05) is 0 Å². The van der Waals surface area contributed by atoms with Gasteiger partial charge < -0.3 is 20.1 Å². The molecule has 0 saturated carbocycles. The zero-order valence-electron chi connectivity index (χ0n) is 32.9. The Bertz CT molecular complexity index is 2470. The summed E-state index contributed by atoms with van der Waals surface area (Å²) in [4.78, 5) is 76.3. The Morgan fingerprint density at radius 2 is 1.00 bits per heavy atom. The second-order valence-corrected chi connectivity index (χ2v) is 15.2. The first-order chi connectivity index (χ1) is 29.2. The quantitative estimate of drug-likeness (QED) is 0.127. The van der Waals surface area contributed by atoms with Gasteiger partial charge in [0, 0.05) is 23.5 Å². The lowest BCUT2D eigenvalue weighted by Gasteiger charge is -2.11. The Kier molecular flexibility index (Phi) is 12.9. The van der Waals surface area contributed by atoms with Crippen LogP contribution in [0.3, 0.4) is 0 Å². The monoisotopic (exact) mass is 848 g/mol. The van der Waals surface area contributed by atoms with Crippen LogP contribution < -0.4 is 20.1 Å². The summed E-state index contributed by atoms with van der Waals surface area (Å²) < 4.78 is 37.0. The predicted octanol–water partition coefficient (Wildman–Crippen LogP) is 4.99. The van der Waals surface area contributed by atoms with E-state index < -0.39 is 70.2 Å². The number of benzene rings is 4. The van der Waals surface area contributed by atoms with E-state index in [-0.39, 0.29) is 32.6 Å². The van der Waals surface area contributed by atoms with Gasteiger partial charge in [-0.1, -0.05) is 12.1 Å². The number of carbonyl (C=O) groups excluding carboxylic acids is 6. The molecule has 0 spiro atoms. The first kappa shape index (κ1) is 42.8. The molecule has 21 heteroatoms. The molecule has 6 rings (SSSR count). The number of amides is 6. The van der Waals surface area contributed by atoms with Crippen molar-refractivity contribution in [3.63, 3.8) is 0 Å². The number of hydrogen-bond donors (Lipinski definition) is 2. The van der Waals surface area contributed by atoms with Gasteiger partial charge in [0.05, 0.1) is 46.8 Å². The molecule has 0 fully saturated rings. The highest BCUT2D eigenvalue weighted by atomic mass is 32.2. The van der Waals surface area contributed by atoms with E-state index in [1.54, 1.807) is 48.5 Å². The number of ether oxygens (including phenoxy) is 2. The molecule has 2 aliphatic heterocycles. The fourth-order valence-electron chi connectivity index (χ4n) is 5.74. The van der Waals surface area contributed by atoms with Crippen molar-refractivity contribution >= 4 is 79.5 Å². The van der Waals surface area contributed by atoms with Crippen LogP contribution in [-0.2, 0) is 38.6 Å². The first-order valence-electron chi connectivity index (χ1n) is 18.2. The third-order valence-electron chi connectivity index (χ3n) is 8.87. The highest BCUT2D eigenvalue weighted by Gasteiger charge is 2.39. The largest absolute Gasteiger partial charge is 0.497 e. The van der Waals surface area contributed by atoms with Crippen molar-refractivity contribution in [2.45, 2.75) is 48.6 Å². The molecule has 6 amide bonds. The van der Waals surface area contributed by atoms with Crippen LogP contribution in [0.2, 0.25) is 0 Å². The number of nitrogens with zero attached hydrogens (tertiary/aromatic N) is 8. The van der Waals surface area contributed by atoms with E-state index in [1.165, 1.54) is 76.6 Å². The van der Waals surface area contributed by atoms with Crippen LogP contribution in [-0.4, -0.2) is 91.6 Å². The Labute approximate surface area is 347 Å². The van der Waals surface area contributed by atoms with E-state index in [0.717, 1.165) is 0 Å². The fraction of sp³-hybridized carbons (Fsp3) is 0.200. The van der Waals surface area contributed by atoms with Gasteiger partial charge in [-0.25, -0.2) is 8.42 Å². The third kappa shape index (κ3) is 10.1. The number of azo groups is 2. The summed E-state index contributed by atoms with van der Waals surface area (Å²) in [5.74, 6) is -3.68. The maximum atomic E-state index is 13.4. The maximum Gasteiger partial charge on any atom is 0.282 e. The number of methoxy groups -OCH3 is 2. The Morgan fingerprint density at radius 3 is 1.36 bits per heavy atom. The van der Waals surface area contributed by atoms with Crippen LogP contribution in [0, 0.1) is 0 Å². The van der Waals surface area contributed by atoms with Crippen LogP contribution in [0.15, 0.2) is 138 Å². The van der Waals surface area contributed by atoms with E-state index in [4.69, 9.17) is 9.47 Å². The zero-order valence-corrected chi connectivity index (χ0v) is 33.7. The normalized spacial score (nSPS) is 16.5. The molecule has 2 atom stereocenters. The number of nitrogens with one attached hydrogen (secondary N) is 2. The van der Waals surface area contributed by atoms with Gasteiger partial charge in [-0.3, -0.25) is 28.8 Å². The van der Waals surface area contributed by atoms with Gasteiger partial charge in [-0.05, 0) is 86.6 Å². The summed E-state index contributed by atoms with van der Waals surface area (Å²) in [7, 11) is -1.09. The minimum atomic E-state index is -4.03. The van der Waals surface area contributed by atoms with E-state index in [2.05, 4.69) is 41.3 Å². The van der Waals surface area contributed by atoms with Crippen molar-refractivity contribution in [1.29, 1.82) is 0 Å². The average Bonchev–Trinajstić information content (AvgIpc) is 3.70. The van der Waals surface area contributed by atoms with Crippen molar-refractivity contribution in [3.8, 4) is 11.5 Å². The highest BCUT2D eigenvalue weighted by molar-refractivity contribution is 7.91. The van der Waals surface area contributed by atoms with E-state index in [9.17, 15) is 37.2 Å². The molecule has 2 aliphatic rings. The fourth-order valence-corrected chi connectivity index (χ4v) is 7.00. The second kappa shape index (κ2) is 18.4. The first-order valence-corrected chi connectivity index (χ1v) is 19.6. The number of imide groups is 2. The summed E-state index contributed by atoms with van der Waals surface area (Å²) in [6.45, 7) is 2.95. The zero-order chi connectivity index (χ0) is 43.8. The molecule has 2 heterocycles. The van der Waals surface area contributed by atoms with Gasteiger partial charge in [0.25, 0.3) is 23.6 Å². The summed E-state index contributed by atoms with van der Waals surface area (Å²) in [5.41, 5.74) is 1.53. The summed E-state index contributed by atoms with van der Waals surface area (Å²) in [5, 5.41) is 30.3. The number of anilines is 2. The van der Waals surface area contributed by atoms with Crippen molar-refractivity contribution in [3.05, 3.63) is 97.1 Å². The van der Waals surface area contributed by atoms with Crippen LogP contribution in [0.4, 0.5) is 22.7 Å². The lowest BCUT2D eigenvalue weighted by molar-refractivity contribution is -0.146. The SMILES string of the molecule is COc1cccc(NC(=O)CC(=O)N2N=C(C)[C@@H](N=Nc3ccc(S(=O)(=O)c4ccc(N=N[C@H]5C(=O)N(C(=O)CC(=O)Nc6cccc(OC)c6)N=C5C)cc4)cc3)C2=O)c1. The Hall–Kier alpha value is -7.81. The number of hydrazone groups is 2. The van der Waals surface area contributed by atoms with Gasteiger partial charge in [0.15, 0.2) is 12.1 Å². The van der Waals surface area contributed by atoms with Crippen LogP contribution in [0.25, 0.3) is 0 Å². The van der Waals surface area contributed by atoms with Crippen molar-refractivity contribution in [2.75, 3.05) is 24.9 Å². The standard InChI is InChI=1S/C40H36N10O10S/c1-23-37(39(55)49(47-23)35(53)21-33(51)41-27-7-5-9-29(19-27)59-3)45-43-25-11-15-31(16-12-25)61(57,58)32-17-13-26(14-18-32)44-46-38-24(2)48-50(40(38)56)36(54)22-34(52)42-28-8-6-10-30(20-28)60-4/h5-20,37-38H,21-22H2,1-4H3,(H,41,51)(H,42,52)/t37-,38-/m1/s1. The van der Waals surface area contributed by atoms with E-state index >= 15 is 0 Å². The second-order valence-electron chi connectivity index (χ2n) is 13.2. The molecular weight excluding hydrogens is 813 g/mol. The Balaban J connectivity index is 1.01. The molecule has 4 aromatic carbocycles.